The molecule has 2 aliphatic rings. The molecule has 2 aliphatic heterocycles. The van der Waals surface area contributed by atoms with Crippen molar-refractivity contribution in [3.8, 4) is 11.5 Å². The number of ether oxygens (including phenoxy) is 2. The first-order valence-corrected chi connectivity index (χ1v) is 25.5. The minimum Gasteiger partial charge on any atom is -0.494 e. The second-order valence-electron chi connectivity index (χ2n) is 16.7. The highest BCUT2D eigenvalue weighted by molar-refractivity contribution is 6.09. The summed E-state index contributed by atoms with van der Waals surface area (Å²) in [6.45, 7) is 28.6. The van der Waals surface area contributed by atoms with Gasteiger partial charge in [-0.3, -0.25) is 24.3 Å². The summed E-state index contributed by atoms with van der Waals surface area (Å²) in [6, 6.07) is 6.11. The number of benzene rings is 2. The van der Waals surface area contributed by atoms with Crippen molar-refractivity contribution in [1.29, 1.82) is 0 Å². The number of methoxy groups -OCH3 is 1. The number of aliphatic imine (C=N–C) groups is 1. The fraction of sp³-hybridized carbons (Fsp3) is 0.453. The van der Waals surface area contributed by atoms with Crippen LogP contribution in [0.5, 0.6) is 11.5 Å². The highest BCUT2D eigenvalue weighted by atomic mass is 16.5. The molecular weight excluding hydrogens is 973 g/mol. The van der Waals surface area contributed by atoms with Crippen molar-refractivity contribution in [3.05, 3.63) is 100 Å². The van der Waals surface area contributed by atoms with E-state index in [1.807, 2.05) is 45.3 Å². The Hall–Kier alpha value is -7.73. The number of carbonyl (C=O) groups excluding carboxylic acids is 3. The number of carbonyl (C=O) groups is 3. The number of nitrogens with two attached hydrogens (primary N) is 4. The van der Waals surface area contributed by atoms with Crippen LogP contribution in [0.15, 0.2) is 56.8 Å². The van der Waals surface area contributed by atoms with Crippen LogP contribution >= 0.6 is 0 Å². The largest absolute Gasteiger partial charge is 0.494 e. The third-order valence-electron chi connectivity index (χ3n) is 12.1. The molecule has 0 spiro atoms. The molecule has 1 saturated heterocycles. The maximum Gasteiger partial charge on any atom is 0.296 e. The molecular formula is C53H78N16O7. The summed E-state index contributed by atoms with van der Waals surface area (Å²) in [7, 11) is 4.41. The molecule has 0 saturated carbocycles. The number of allylic oxidation sites excluding steroid dienone is 1. The number of anilines is 2. The van der Waals surface area contributed by atoms with Gasteiger partial charge in [-0.05, 0) is 91.3 Å². The Morgan fingerprint density at radius 2 is 1.49 bits per heavy atom. The lowest BCUT2D eigenvalue weighted by molar-refractivity contribution is 0.0958. The van der Waals surface area contributed by atoms with E-state index in [2.05, 4.69) is 70.0 Å². The first-order valence-electron chi connectivity index (χ1n) is 25.5. The fourth-order valence-electron chi connectivity index (χ4n) is 8.83. The van der Waals surface area contributed by atoms with Crippen LogP contribution in [-0.2, 0) is 19.6 Å². The van der Waals surface area contributed by atoms with Crippen LogP contribution in [0.3, 0.4) is 0 Å². The number of imidazole rings is 1. The van der Waals surface area contributed by atoms with E-state index in [-0.39, 0.29) is 47.1 Å². The predicted molar refractivity (Wildman–Crippen MR) is 298 cm³/mol. The molecule has 3 amide bonds. The standard InChI is InChI=1S/C47H56N14O7.2C2H6.2CH5N/c1-26-41(67-29(4)52-26)27(2)54-47-55-35-22-33(44(49)63)24-37(66-20-10-14-58-17-11-31(12-18-58)45-57-56-38-25-51-13-19-59(38)45)40(35)61(47)16-9-8-15-60(46(64)42-28(3)53-30(5)68-42)39-34(50-6)21-32(43(48)62)23-36(39)65-7;4*1-2/h8-9,21-24,31,51H,2,6,10-20,25H2,1,3-5,7H3,(H2,48,62)(H2,49,63)(H,54,55);2*1-2H3;2*2H2,1H3/b9-8+;;;;. The number of piperidine rings is 1. The van der Waals surface area contributed by atoms with E-state index >= 15 is 0 Å². The quantitative estimate of drug-likeness (QED) is 0.0294. The van der Waals surface area contributed by atoms with E-state index < -0.39 is 17.7 Å². The molecule has 23 heteroatoms. The third-order valence-corrected chi connectivity index (χ3v) is 12.1. The van der Waals surface area contributed by atoms with Gasteiger partial charge in [0.2, 0.25) is 23.5 Å². The smallest absolute Gasteiger partial charge is 0.296 e. The van der Waals surface area contributed by atoms with Crippen LogP contribution < -0.4 is 47.9 Å². The fourth-order valence-corrected chi connectivity index (χ4v) is 8.83. The Labute approximate surface area is 445 Å². The lowest BCUT2D eigenvalue weighted by atomic mass is 9.95. The van der Waals surface area contributed by atoms with Gasteiger partial charge in [0.25, 0.3) is 5.91 Å². The second-order valence-corrected chi connectivity index (χ2v) is 16.7. The number of fused-ring (bicyclic) bond motifs is 2. The number of hydrogen-bond acceptors (Lipinski definition) is 18. The SMILES string of the molecule is C=Nc1cc(C(N)=O)cc(OC)c1N(C/C=C/Cn1c(NC(=C)c2oc(C)nc2C)nc2cc(C(N)=O)cc(OCCCN3CCC(c4nnc5n4CCNC5)CC3)c21)C(=O)c1oc(C)nc1C.CC.CC.CN.CN. The first-order chi connectivity index (χ1) is 36.7. The summed E-state index contributed by atoms with van der Waals surface area (Å²) in [5, 5.41) is 15.6. The molecule has 6 heterocycles. The topological polar surface area (TPSA) is 317 Å². The number of amides is 3. The number of oxazole rings is 2. The van der Waals surface area contributed by atoms with Crippen molar-refractivity contribution in [1.82, 2.24) is 44.5 Å². The van der Waals surface area contributed by atoms with E-state index in [1.165, 1.54) is 38.2 Å². The molecule has 2 aromatic carbocycles. The van der Waals surface area contributed by atoms with Crippen molar-refractivity contribution >= 4 is 58.5 Å². The van der Waals surface area contributed by atoms with E-state index in [9.17, 15) is 14.4 Å². The first kappa shape index (κ1) is 60.8. The van der Waals surface area contributed by atoms with Gasteiger partial charge >= 0.3 is 0 Å². The molecule has 0 aliphatic carbocycles. The van der Waals surface area contributed by atoms with E-state index in [0.717, 1.165) is 70.2 Å². The molecule has 23 nitrogen and oxygen atoms in total. The zero-order valence-electron chi connectivity index (χ0n) is 46.1. The Morgan fingerprint density at radius 1 is 0.868 bits per heavy atom. The average molecular weight is 1050 g/mol. The minimum atomic E-state index is -0.713. The monoisotopic (exact) mass is 1050 g/mol. The Morgan fingerprint density at radius 3 is 2.08 bits per heavy atom. The number of aromatic nitrogens is 7. The number of aryl methyl sites for hydroxylation is 4. The molecule has 8 rings (SSSR count). The van der Waals surface area contributed by atoms with Gasteiger partial charge in [0, 0.05) is 63.6 Å². The molecule has 10 N–H and O–H groups in total. The molecule has 6 aromatic rings. The van der Waals surface area contributed by atoms with Crippen LogP contribution in [0.25, 0.3) is 16.7 Å². The van der Waals surface area contributed by atoms with Gasteiger partial charge in [0.1, 0.15) is 34.4 Å². The number of nitrogens with one attached hydrogen (secondary N) is 2. The van der Waals surface area contributed by atoms with Crippen molar-refractivity contribution in [2.45, 2.75) is 100 Å². The van der Waals surface area contributed by atoms with Crippen molar-refractivity contribution < 1.29 is 32.7 Å². The highest BCUT2D eigenvalue weighted by Gasteiger charge is 2.30. The summed E-state index contributed by atoms with van der Waals surface area (Å²) in [6.07, 6.45) is 6.33. The lowest BCUT2D eigenvalue weighted by Crippen LogP contribution is -2.36. The molecule has 0 atom stereocenters. The maximum atomic E-state index is 14.4. The summed E-state index contributed by atoms with van der Waals surface area (Å²) in [5.41, 5.74) is 23.7. The number of hydrogen-bond donors (Lipinski definition) is 6. The third kappa shape index (κ3) is 14.3. The number of primary amides is 2. The summed E-state index contributed by atoms with van der Waals surface area (Å²) >= 11 is 0. The maximum absolute atomic E-state index is 14.4. The molecule has 0 radical (unpaired) electrons. The summed E-state index contributed by atoms with van der Waals surface area (Å²) in [4.78, 5) is 60.9. The van der Waals surface area contributed by atoms with Crippen LogP contribution in [0.4, 0.5) is 17.3 Å². The van der Waals surface area contributed by atoms with Crippen LogP contribution in [0.2, 0.25) is 0 Å². The lowest BCUT2D eigenvalue weighted by Gasteiger charge is -2.32. The highest BCUT2D eigenvalue weighted by Crippen LogP contribution is 2.41. The van der Waals surface area contributed by atoms with Gasteiger partial charge in [-0.2, -0.15) is 0 Å². The van der Waals surface area contributed by atoms with E-state index in [1.54, 1.807) is 39.0 Å². The number of nitrogens with zero attached hydrogens (tertiary/aromatic N) is 10. The van der Waals surface area contributed by atoms with Crippen molar-refractivity contribution in [3.63, 3.8) is 0 Å². The van der Waals surface area contributed by atoms with Crippen LogP contribution in [0.1, 0.15) is 125 Å². The molecule has 1 fully saturated rings. The zero-order chi connectivity index (χ0) is 56.2. The normalized spacial score (nSPS) is 13.1. The average Bonchev–Trinajstić information content (AvgIpc) is 4.22. The molecule has 412 valence electrons. The van der Waals surface area contributed by atoms with Gasteiger partial charge < -0.3 is 65.9 Å². The van der Waals surface area contributed by atoms with E-state index in [0.29, 0.717) is 69.9 Å². The Bertz CT molecular complexity index is 2940. The Kier molecular flexibility index (Phi) is 23.5. The van der Waals surface area contributed by atoms with Gasteiger partial charge in [0.05, 0.1) is 48.6 Å². The second kappa shape index (κ2) is 29.4. The van der Waals surface area contributed by atoms with Crippen molar-refractivity contribution in [2.75, 3.05) is 70.8 Å². The van der Waals surface area contributed by atoms with Crippen LogP contribution in [-0.4, -0.2) is 124 Å². The summed E-state index contributed by atoms with van der Waals surface area (Å²) < 4.78 is 28.0. The Balaban J connectivity index is 0.00000149. The van der Waals surface area contributed by atoms with Gasteiger partial charge in [-0.1, -0.05) is 46.4 Å². The number of likely N-dealkylation sites (tertiary alicyclic amines) is 1. The van der Waals surface area contributed by atoms with Gasteiger partial charge in [-0.15, -0.1) is 10.2 Å². The minimum absolute atomic E-state index is 0.00932. The zero-order valence-corrected chi connectivity index (χ0v) is 46.1. The molecule has 0 bridgehead atoms. The summed E-state index contributed by atoms with van der Waals surface area (Å²) in [5.74, 6) is 2.73. The van der Waals surface area contributed by atoms with Gasteiger partial charge in [-0.25, -0.2) is 15.0 Å². The number of rotatable bonds is 19. The molecule has 4 aromatic heterocycles. The predicted octanol–water partition coefficient (Wildman–Crippen LogP) is 6.32. The van der Waals surface area contributed by atoms with E-state index in [4.69, 9.17) is 34.8 Å². The van der Waals surface area contributed by atoms with Crippen molar-refractivity contribution in [2.24, 2.45) is 27.9 Å². The van der Waals surface area contributed by atoms with Gasteiger partial charge in [0.15, 0.2) is 17.5 Å². The molecule has 0 unspecified atom stereocenters. The molecule has 76 heavy (non-hydrogen) atoms. The van der Waals surface area contributed by atoms with Crippen LogP contribution in [0, 0.1) is 27.7 Å².